The van der Waals surface area contributed by atoms with E-state index in [1.165, 1.54) is 11.3 Å². The number of hydrogen-bond donors (Lipinski definition) is 1. The highest BCUT2D eigenvalue weighted by molar-refractivity contribution is 7.09. The number of thiophene rings is 1. The van der Waals surface area contributed by atoms with Crippen LogP contribution in [0.15, 0.2) is 17.5 Å². The van der Waals surface area contributed by atoms with Crippen LogP contribution in [0.25, 0.3) is 0 Å². The summed E-state index contributed by atoms with van der Waals surface area (Å²) >= 11 is 1.77. The molecule has 14 heavy (non-hydrogen) atoms. The number of nitrogens with one attached hydrogen (secondary N) is 1. The Balaban J connectivity index is 1.83. The third-order valence-electron chi connectivity index (χ3n) is 2.80. The molecule has 0 aliphatic heterocycles. The highest BCUT2D eigenvalue weighted by atomic mass is 32.1. The maximum Gasteiger partial charge on any atom is 0.0672 e. The maximum atomic E-state index is 8.91. The predicted octanol–water partition coefficient (Wildman–Crippen LogP) is 2.53. The van der Waals surface area contributed by atoms with E-state index in [2.05, 4.69) is 28.9 Å². The van der Waals surface area contributed by atoms with Crippen molar-refractivity contribution < 1.29 is 0 Å². The first-order valence-corrected chi connectivity index (χ1v) is 5.93. The number of nitrogens with zero attached hydrogens (tertiary/aromatic N) is 1. The van der Waals surface area contributed by atoms with Gasteiger partial charge < -0.3 is 5.32 Å². The van der Waals surface area contributed by atoms with Gasteiger partial charge in [0.05, 0.1) is 12.0 Å². The zero-order valence-corrected chi connectivity index (χ0v) is 8.89. The molecule has 1 aromatic heterocycles. The van der Waals surface area contributed by atoms with Crippen LogP contribution in [-0.4, -0.2) is 6.04 Å². The average Bonchev–Trinajstić information content (AvgIpc) is 2.85. The highest BCUT2D eigenvalue weighted by Crippen LogP contribution is 2.25. The Bertz CT molecular complexity index is 313. The van der Waals surface area contributed by atoms with Crippen molar-refractivity contribution in [1.29, 1.82) is 5.26 Å². The number of hydrogen-bond acceptors (Lipinski definition) is 3. The molecule has 1 aromatic rings. The first-order valence-electron chi connectivity index (χ1n) is 5.05. The van der Waals surface area contributed by atoms with Crippen LogP contribution in [0, 0.1) is 17.2 Å². The lowest BCUT2D eigenvalue weighted by molar-refractivity contribution is 0.466. The second-order valence-corrected chi connectivity index (χ2v) is 4.77. The van der Waals surface area contributed by atoms with Crippen molar-refractivity contribution in [3.63, 3.8) is 0 Å². The van der Waals surface area contributed by atoms with Crippen molar-refractivity contribution in [2.24, 2.45) is 5.92 Å². The summed E-state index contributed by atoms with van der Waals surface area (Å²) < 4.78 is 0. The molecule has 1 saturated carbocycles. The zero-order chi connectivity index (χ0) is 9.80. The SMILES string of the molecule is N#CC1CCCC1NCc1cccs1. The highest BCUT2D eigenvalue weighted by Gasteiger charge is 2.26. The predicted molar refractivity (Wildman–Crippen MR) is 57.9 cm³/mol. The lowest BCUT2D eigenvalue weighted by atomic mass is 10.1. The minimum atomic E-state index is 0.231. The normalized spacial score (nSPS) is 26.2. The quantitative estimate of drug-likeness (QED) is 0.825. The van der Waals surface area contributed by atoms with Crippen molar-refractivity contribution in [3.05, 3.63) is 22.4 Å². The second kappa shape index (κ2) is 4.59. The molecule has 1 fully saturated rings. The van der Waals surface area contributed by atoms with Gasteiger partial charge in [-0.25, -0.2) is 0 Å². The number of rotatable bonds is 3. The molecule has 1 heterocycles. The van der Waals surface area contributed by atoms with Crippen LogP contribution in [0.2, 0.25) is 0 Å². The Morgan fingerprint density at radius 1 is 1.57 bits per heavy atom. The molecule has 0 bridgehead atoms. The van der Waals surface area contributed by atoms with Gasteiger partial charge in [0.2, 0.25) is 0 Å². The van der Waals surface area contributed by atoms with E-state index >= 15 is 0 Å². The van der Waals surface area contributed by atoms with Gasteiger partial charge in [0.1, 0.15) is 0 Å². The Labute approximate surface area is 88.6 Å². The van der Waals surface area contributed by atoms with Crippen molar-refractivity contribution >= 4 is 11.3 Å². The maximum absolute atomic E-state index is 8.91. The first kappa shape index (κ1) is 9.70. The monoisotopic (exact) mass is 206 g/mol. The van der Waals surface area contributed by atoms with Crippen LogP contribution in [0.4, 0.5) is 0 Å². The molecule has 0 aromatic carbocycles. The summed E-state index contributed by atoms with van der Waals surface area (Å²) in [5.74, 6) is 0.231. The van der Waals surface area contributed by atoms with Gasteiger partial charge in [-0.1, -0.05) is 12.5 Å². The summed E-state index contributed by atoms with van der Waals surface area (Å²) in [5, 5.41) is 14.5. The van der Waals surface area contributed by atoms with Gasteiger partial charge in [0.25, 0.3) is 0 Å². The molecule has 2 unspecified atom stereocenters. The van der Waals surface area contributed by atoms with Gasteiger partial charge in [-0.15, -0.1) is 11.3 Å². The first-order chi connectivity index (χ1) is 6.90. The van der Waals surface area contributed by atoms with E-state index in [4.69, 9.17) is 5.26 Å². The lowest BCUT2D eigenvalue weighted by Crippen LogP contribution is -2.30. The van der Waals surface area contributed by atoms with Crippen molar-refractivity contribution in [3.8, 4) is 6.07 Å². The van der Waals surface area contributed by atoms with Crippen molar-refractivity contribution in [1.82, 2.24) is 5.32 Å². The molecule has 0 radical (unpaired) electrons. The van der Waals surface area contributed by atoms with E-state index < -0.39 is 0 Å². The van der Waals surface area contributed by atoms with Crippen LogP contribution in [0.1, 0.15) is 24.1 Å². The van der Waals surface area contributed by atoms with Gasteiger partial charge in [-0.05, 0) is 24.3 Å². The van der Waals surface area contributed by atoms with Crippen LogP contribution in [0.3, 0.4) is 0 Å². The fraction of sp³-hybridized carbons (Fsp3) is 0.545. The van der Waals surface area contributed by atoms with Gasteiger partial charge >= 0.3 is 0 Å². The molecule has 0 amide bonds. The summed E-state index contributed by atoms with van der Waals surface area (Å²) in [5.41, 5.74) is 0. The lowest BCUT2D eigenvalue weighted by Gasteiger charge is -2.14. The fourth-order valence-electron chi connectivity index (χ4n) is 2.00. The van der Waals surface area contributed by atoms with Crippen LogP contribution < -0.4 is 5.32 Å². The number of nitriles is 1. The zero-order valence-electron chi connectivity index (χ0n) is 8.07. The molecule has 2 rings (SSSR count). The van der Waals surface area contributed by atoms with E-state index in [0.29, 0.717) is 6.04 Å². The third-order valence-corrected chi connectivity index (χ3v) is 3.68. The second-order valence-electron chi connectivity index (χ2n) is 3.73. The minimum absolute atomic E-state index is 0.231. The van der Waals surface area contributed by atoms with Gasteiger partial charge in [0.15, 0.2) is 0 Å². The summed E-state index contributed by atoms with van der Waals surface area (Å²) in [4.78, 5) is 1.36. The Morgan fingerprint density at radius 3 is 3.21 bits per heavy atom. The van der Waals surface area contributed by atoms with Gasteiger partial charge in [-0.2, -0.15) is 5.26 Å². The largest absolute Gasteiger partial charge is 0.308 e. The topological polar surface area (TPSA) is 35.8 Å². The molecule has 74 valence electrons. The van der Waals surface area contributed by atoms with E-state index in [1.54, 1.807) is 11.3 Å². The Morgan fingerprint density at radius 2 is 2.50 bits per heavy atom. The van der Waals surface area contributed by atoms with E-state index in [-0.39, 0.29) is 5.92 Å². The summed E-state index contributed by atoms with van der Waals surface area (Å²) in [7, 11) is 0. The Kier molecular flexibility index (Phi) is 3.18. The molecule has 1 N–H and O–H groups in total. The van der Waals surface area contributed by atoms with E-state index in [9.17, 15) is 0 Å². The van der Waals surface area contributed by atoms with Crippen molar-refractivity contribution in [2.75, 3.05) is 0 Å². The molecular formula is C11H14N2S. The average molecular weight is 206 g/mol. The van der Waals surface area contributed by atoms with Gasteiger partial charge in [-0.3, -0.25) is 0 Å². The fourth-order valence-corrected chi connectivity index (χ4v) is 2.66. The molecule has 2 nitrogen and oxygen atoms in total. The molecular weight excluding hydrogens is 192 g/mol. The molecule has 1 aliphatic rings. The van der Waals surface area contributed by atoms with E-state index in [0.717, 1.165) is 19.4 Å². The molecule has 2 atom stereocenters. The van der Waals surface area contributed by atoms with E-state index in [1.807, 2.05) is 0 Å². The smallest absolute Gasteiger partial charge is 0.0672 e. The van der Waals surface area contributed by atoms with Crippen LogP contribution in [0.5, 0.6) is 0 Å². The molecule has 3 heteroatoms. The van der Waals surface area contributed by atoms with Gasteiger partial charge in [0, 0.05) is 17.5 Å². The molecule has 1 aliphatic carbocycles. The van der Waals surface area contributed by atoms with Crippen molar-refractivity contribution in [2.45, 2.75) is 31.8 Å². The van der Waals surface area contributed by atoms with Crippen LogP contribution in [-0.2, 0) is 6.54 Å². The van der Waals surface area contributed by atoms with Crippen LogP contribution >= 0.6 is 11.3 Å². The summed E-state index contributed by atoms with van der Waals surface area (Å²) in [6, 6.07) is 7.00. The molecule has 0 saturated heterocycles. The molecule has 0 spiro atoms. The summed E-state index contributed by atoms with van der Waals surface area (Å²) in [6.07, 6.45) is 3.42. The minimum Gasteiger partial charge on any atom is -0.308 e. The standard InChI is InChI=1S/C11H14N2S/c12-7-9-3-1-5-11(9)13-8-10-4-2-6-14-10/h2,4,6,9,11,13H,1,3,5,8H2. The third kappa shape index (κ3) is 2.14. The summed E-state index contributed by atoms with van der Waals surface area (Å²) in [6.45, 7) is 0.917. The Hall–Kier alpha value is -0.850.